The molecular weight excluding hydrogens is 110 g/mol. The van der Waals surface area contributed by atoms with Crippen LogP contribution in [-0.2, 0) is 0 Å². The van der Waals surface area contributed by atoms with Crippen LogP contribution in [-0.4, -0.2) is 27.8 Å². The molecule has 0 fully saturated rings. The van der Waals surface area contributed by atoms with Crippen molar-refractivity contribution in [1.29, 1.82) is 0 Å². The number of hydrogen-bond donors (Lipinski definition) is 4. The van der Waals surface area contributed by atoms with E-state index in [1.807, 2.05) is 0 Å². The Labute approximate surface area is 47.7 Å². The van der Waals surface area contributed by atoms with E-state index in [9.17, 15) is 0 Å². The minimum atomic E-state index is -1.51. The third-order valence-electron chi connectivity index (χ3n) is 1.05. The second-order valence-corrected chi connectivity index (χ2v) is 1.66. The molecule has 0 aliphatic heterocycles. The molecule has 4 heteroatoms. The molecule has 0 saturated carbocycles. The van der Waals surface area contributed by atoms with Gasteiger partial charge in [-0.1, -0.05) is 6.92 Å². The molecule has 0 aromatic rings. The van der Waals surface area contributed by atoms with Gasteiger partial charge in [0.25, 0.3) is 0 Å². The molecule has 1 atom stereocenters. The topological polar surface area (TPSA) is 72.7 Å². The quantitative estimate of drug-likeness (QED) is 0.287. The molecule has 0 aromatic heterocycles. The first-order valence-electron chi connectivity index (χ1n) is 2.43. The molecule has 50 valence electrons. The zero-order valence-electron chi connectivity index (χ0n) is 4.76. The molecule has 8 heavy (non-hydrogen) atoms. The highest BCUT2D eigenvalue weighted by molar-refractivity contribution is 4.65. The predicted molar refractivity (Wildman–Crippen MR) is 27.2 cm³/mol. The van der Waals surface area contributed by atoms with Crippen LogP contribution in [0.2, 0.25) is 0 Å². The van der Waals surface area contributed by atoms with E-state index in [1.54, 1.807) is 12.4 Å². The molecule has 4 N–H and O–H groups in total. The molecule has 4 nitrogen and oxygen atoms in total. The molecular formula is C4H11NO3. The number of hydroxylamine groups is 1. The summed E-state index contributed by atoms with van der Waals surface area (Å²) in [5.74, 6) is 0. The highest BCUT2D eigenvalue weighted by Gasteiger charge is 2.20. The standard InChI is InChI=1S/C4H11NO3/c1-2-4(7,3-6)5-8/h5-8H,2-3H2,1H3. The fourth-order valence-electron chi connectivity index (χ4n) is 0.226. The van der Waals surface area contributed by atoms with Gasteiger partial charge in [-0.2, -0.15) is 5.48 Å². The Bertz CT molecular complexity index is 54.0. The summed E-state index contributed by atoms with van der Waals surface area (Å²) >= 11 is 0. The monoisotopic (exact) mass is 121 g/mol. The number of rotatable bonds is 3. The van der Waals surface area contributed by atoms with Crippen LogP contribution in [0.25, 0.3) is 0 Å². The van der Waals surface area contributed by atoms with Crippen molar-refractivity contribution in [2.45, 2.75) is 19.1 Å². The highest BCUT2D eigenvalue weighted by Crippen LogP contribution is 2.00. The minimum Gasteiger partial charge on any atom is -0.392 e. The Morgan fingerprint density at radius 3 is 2.12 bits per heavy atom. The Morgan fingerprint density at radius 1 is 1.62 bits per heavy atom. The summed E-state index contributed by atoms with van der Waals surface area (Å²) in [6.07, 6.45) is 0.264. The molecule has 0 aliphatic rings. The summed E-state index contributed by atoms with van der Waals surface area (Å²) in [4.78, 5) is 0. The first-order chi connectivity index (χ1) is 3.68. The molecule has 0 aliphatic carbocycles. The number of aliphatic hydroxyl groups excluding tert-OH is 1. The number of aliphatic hydroxyl groups is 2. The number of nitrogens with one attached hydrogen (secondary N) is 1. The summed E-state index contributed by atoms with van der Waals surface area (Å²) in [6.45, 7) is 1.15. The lowest BCUT2D eigenvalue weighted by atomic mass is 10.2. The van der Waals surface area contributed by atoms with Crippen molar-refractivity contribution in [3.8, 4) is 0 Å². The van der Waals surface area contributed by atoms with Crippen molar-refractivity contribution in [1.82, 2.24) is 5.48 Å². The molecule has 1 unspecified atom stereocenters. The van der Waals surface area contributed by atoms with Gasteiger partial charge in [0.1, 0.15) is 0 Å². The summed E-state index contributed by atoms with van der Waals surface area (Å²) in [7, 11) is 0. The SMILES string of the molecule is CCC(O)(CO)NO. The smallest absolute Gasteiger partial charge is 0.160 e. The van der Waals surface area contributed by atoms with Crippen molar-refractivity contribution in [2.75, 3.05) is 6.61 Å². The Balaban J connectivity index is 3.58. The average Bonchev–Trinajstić information content (AvgIpc) is 1.87. The van der Waals surface area contributed by atoms with Crippen LogP contribution in [0.1, 0.15) is 13.3 Å². The third kappa shape index (κ3) is 1.75. The Morgan fingerprint density at radius 2 is 2.12 bits per heavy atom. The second kappa shape index (κ2) is 2.99. The first-order valence-corrected chi connectivity index (χ1v) is 2.43. The van der Waals surface area contributed by atoms with E-state index in [1.165, 1.54) is 0 Å². The zero-order valence-corrected chi connectivity index (χ0v) is 4.76. The van der Waals surface area contributed by atoms with Crippen LogP contribution in [0.15, 0.2) is 0 Å². The number of hydrogen-bond acceptors (Lipinski definition) is 4. The molecule has 0 aromatic carbocycles. The van der Waals surface area contributed by atoms with Crippen molar-refractivity contribution in [3.05, 3.63) is 0 Å². The summed E-state index contributed by atoms with van der Waals surface area (Å²) < 4.78 is 0. The van der Waals surface area contributed by atoms with Crippen LogP contribution >= 0.6 is 0 Å². The van der Waals surface area contributed by atoms with Crippen molar-refractivity contribution in [2.24, 2.45) is 0 Å². The summed E-state index contributed by atoms with van der Waals surface area (Å²) in [5.41, 5.74) is 0.0694. The normalized spacial score (nSPS) is 18.0. The Kier molecular flexibility index (Phi) is 2.93. The van der Waals surface area contributed by atoms with E-state index >= 15 is 0 Å². The van der Waals surface area contributed by atoms with E-state index < -0.39 is 12.3 Å². The van der Waals surface area contributed by atoms with Crippen molar-refractivity contribution in [3.63, 3.8) is 0 Å². The average molecular weight is 121 g/mol. The van der Waals surface area contributed by atoms with Gasteiger partial charge < -0.3 is 15.4 Å². The highest BCUT2D eigenvalue weighted by atomic mass is 16.5. The molecule has 0 spiro atoms. The van der Waals surface area contributed by atoms with Crippen LogP contribution in [0, 0.1) is 0 Å². The molecule has 0 amide bonds. The van der Waals surface area contributed by atoms with Gasteiger partial charge in [0.15, 0.2) is 5.72 Å². The Hall–Kier alpha value is -0.160. The minimum absolute atomic E-state index is 0.264. The van der Waals surface area contributed by atoms with E-state index in [0.29, 0.717) is 0 Å². The molecule has 0 heterocycles. The lowest BCUT2D eigenvalue weighted by Gasteiger charge is -2.20. The molecule has 0 rings (SSSR count). The maximum absolute atomic E-state index is 8.83. The van der Waals surface area contributed by atoms with E-state index in [-0.39, 0.29) is 6.42 Å². The fourth-order valence-corrected chi connectivity index (χ4v) is 0.226. The largest absolute Gasteiger partial charge is 0.392 e. The van der Waals surface area contributed by atoms with Gasteiger partial charge in [-0.15, -0.1) is 0 Å². The lowest BCUT2D eigenvalue weighted by Crippen LogP contribution is -2.45. The van der Waals surface area contributed by atoms with Crippen LogP contribution < -0.4 is 5.48 Å². The van der Waals surface area contributed by atoms with Gasteiger partial charge in [-0.3, -0.25) is 0 Å². The maximum atomic E-state index is 8.83. The van der Waals surface area contributed by atoms with Gasteiger partial charge in [0, 0.05) is 0 Å². The van der Waals surface area contributed by atoms with Crippen LogP contribution in [0.3, 0.4) is 0 Å². The van der Waals surface area contributed by atoms with E-state index in [2.05, 4.69) is 0 Å². The van der Waals surface area contributed by atoms with Crippen LogP contribution in [0.4, 0.5) is 0 Å². The summed E-state index contributed by atoms with van der Waals surface area (Å²) in [5, 5.41) is 25.3. The molecule has 0 radical (unpaired) electrons. The molecule has 0 saturated heterocycles. The third-order valence-corrected chi connectivity index (χ3v) is 1.05. The van der Waals surface area contributed by atoms with Gasteiger partial charge in [0.2, 0.25) is 0 Å². The van der Waals surface area contributed by atoms with Gasteiger partial charge >= 0.3 is 0 Å². The fraction of sp³-hybridized carbons (Fsp3) is 1.00. The first kappa shape index (κ1) is 7.84. The van der Waals surface area contributed by atoms with Gasteiger partial charge in [0.05, 0.1) is 6.61 Å². The van der Waals surface area contributed by atoms with Crippen LogP contribution in [0.5, 0.6) is 0 Å². The lowest BCUT2D eigenvalue weighted by molar-refractivity contribution is -0.123. The predicted octanol–water partition coefficient (Wildman–Crippen LogP) is -0.944. The van der Waals surface area contributed by atoms with E-state index in [4.69, 9.17) is 15.4 Å². The zero-order chi connectivity index (χ0) is 6.62. The summed E-state index contributed by atoms with van der Waals surface area (Å²) in [6, 6.07) is 0. The van der Waals surface area contributed by atoms with Gasteiger partial charge in [-0.05, 0) is 6.42 Å². The van der Waals surface area contributed by atoms with Crippen molar-refractivity contribution >= 4 is 0 Å². The van der Waals surface area contributed by atoms with E-state index in [0.717, 1.165) is 0 Å². The second-order valence-electron chi connectivity index (χ2n) is 1.66. The maximum Gasteiger partial charge on any atom is 0.160 e. The van der Waals surface area contributed by atoms with Gasteiger partial charge in [-0.25, -0.2) is 0 Å². The van der Waals surface area contributed by atoms with Crippen molar-refractivity contribution < 1.29 is 15.4 Å². The molecule has 0 bridgehead atoms.